The van der Waals surface area contributed by atoms with Crippen LogP contribution in [0.15, 0.2) is 72.8 Å². The number of methoxy groups -OCH3 is 1. The minimum absolute atomic E-state index is 0.228. The monoisotopic (exact) mass is 439 g/mol. The van der Waals surface area contributed by atoms with Crippen LogP contribution >= 0.6 is 0 Å². The van der Waals surface area contributed by atoms with Crippen molar-refractivity contribution in [3.05, 3.63) is 89.5 Å². The van der Waals surface area contributed by atoms with Gasteiger partial charge in [0.1, 0.15) is 5.75 Å². The molecule has 5 nitrogen and oxygen atoms in total. The van der Waals surface area contributed by atoms with Gasteiger partial charge in [-0.05, 0) is 46.9 Å². The summed E-state index contributed by atoms with van der Waals surface area (Å²) >= 11 is 0. The van der Waals surface area contributed by atoms with Gasteiger partial charge in [0.05, 0.1) is 18.7 Å². The van der Waals surface area contributed by atoms with Crippen LogP contribution in [0.3, 0.4) is 0 Å². The van der Waals surface area contributed by atoms with Crippen LogP contribution in [0, 0.1) is 11.3 Å². The number of nitrogens with zero attached hydrogens (tertiary/aromatic N) is 3. The highest BCUT2D eigenvalue weighted by Crippen LogP contribution is 2.24. The van der Waals surface area contributed by atoms with Crippen molar-refractivity contribution in [2.24, 2.45) is 0 Å². The highest BCUT2D eigenvalue weighted by molar-refractivity contribution is 5.76. The number of carbonyl (C=O) groups excluding carboxylic acids is 1. The lowest BCUT2D eigenvalue weighted by molar-refractivity contribution is -0.133. The van der Waals surface area contributed by atoms with Crippen molar-refractivity contribution >= 4 is 5.91 Å². The largest absolute Gasteiger partial charge is 0.497 e. The molecular formula is C28H29N3O2. The Hall–Kier alpha value is -3.62. The number of amides is 1. The van der Waals surface area contributed by atoms with Gasteiger partial charge in [0.15, 0.2) is 0 Å². The Morgan fingerprint density at radius 3 is 2.24 bits per heavy atom. The molecule has 0 unspecified atom stereocenters. The summed E-state index contributed by atoms with van der Waals surface area (Å²) in [5.74, 6) is 1.06. The van der Waals surface area contributed by atoms with Crippen LogP contribution in [0.5, 0.6) is 5.75 Å². The maximum atomic E-state index is 12.6. The van der Waals surface area contributed by atoms with E-state index in [1.165, 1.54) is 5.56 Å². The lowest BCUT2D eigenvalue weighted by Gasteiger charge is -2.35. The van der Waals surface area contributed by atoms with Gasteiger partial charge in [-0.2, -0.15) is 5.26 Å². The van der Waals surface area contributed by atoms with E-state index >= 15 is 0 Å². The minimum Gasteiger partial charge on any atom is -0.497 e. The Labute approximate surface area is 195 Å². The Kier molecular flexibility index (Phi) is 7.39. The molecule has 1 aliphatic heterocycles. The molecule has 1 amide bonds. The molecule has 0 spiro atoms. The number of carbonyl (C=O) groups is 1. The summed E-state index contributed by atoms with van der Waals surface area (Å²) in [7, 11) is 1.66. The Morgan fingerprint density at radius 2 is 1.58 bits per heavy atom. The number of rotatable bonds is 7. The second kappa shape index (κ2) is 10.8. The normalized spacial score (nSPS) is 14.0. The maximum Gasteiger partial charge on any atom is 0.222 e. The summed E-state index contributed by atoms with van der Waals surface area (Å²) in [5, 5.41) is 9.33. The van der Waals surface area contributed by atoms with Crippen LogP contribution in [0.1, 0.15) is 23.1 Å². The van der Waals surface area contributed by atoms with Crippen molar-refractivity contribution in [3.63, 3.8) is 0 Å². The van der Waals surface area contributed by atoms with E-state index in [-0.39, 0.29) is 5.91 Å². The van der Waals surface area contributed by atoms with Gasteiger partial charge in [-0.3, -0.25) is 9.69 Å². The first-order valence-corrected chi connectivity index (χ1v) is 11.4. The van der Waals surface area contributed by atoms with E-state index in [4.69, 9.17) is 4.74 Å². The molecule has 4 rings (SSSR count). The summed E-state index contributed by atoms with van der Waals surface area (Å²) in [6.45, 7) is 4.18. The molecule has 0 atom stereocenters. The van der Waals surface area contributed by atoms with E-state index in [1.54, 1.807) is 7.11 Å². The van der Waals surface area contributed by atoms with Crippen molar-refractivity contribution in [2.75, 3.05) is 33.3 Å². The standard InChI is InChI=1S/C28H29N3O2/c1-33-26-13-8-22(9-14-26)10-15-28(32)31-18-16-30(17-19-31)21-23-6-11-24(12-7-23)27-5-3-2-4-25(27)20-29/h2-9,11-14H,10,15-19,21H2,1H3. The van der Waals surface area contributed by atoms with E-state index in [9.17, 15) is 10.1 Å². The molecule has 5 heteroatoms. The molecule has 1 heterocycles. The van der Waals surface area contributed by atoms with Crippen molar-refractivity contribution in [1.29, 1.82) is 5.26 Å². The van der Waals surface area contributed by atoms with Gasteiger partial charge in [0.2, 0.25) is 5.91 Å². The molecule has 0 aliphatic carbocycles. The van der Waals surface area contributed by atoms with Crippen LogP contribution < -0.4 is 4.74 Å². The first-order valence-electron chi connectivity index (χ1n) is 11.4. The molecule has 0 bridgehead atoms. The van der Waals surface area contributed by atoms with Crippen molar-refractivity contribution in [3.8, 4) is 22.9 Å². The van der Waals surface area contributed by atoms with Crippen molar-refractivity contribution < 1.29 is 9.53 Å². The average Bonchev–Trinajstić information content (AvgIpc) is 2.88. The van der Waals surface area contributed by atoms with Crippen molar-refractivity contribution in [2.45, 2.75) is 19.4 Å². The molecule has 168 valence electrons. The predicted molar refractivity (Wildman–Crippen MR) is 130 cm³/mol. The molecule has 1 fully saturated rings. The number of nitriles is 1. The van der Waals surface area contributed by atoms with Gasteiger partial charge in [-0.1, -0.05) is 54.6 Å². The molecule has 1 saturated heterocycles. The van der Waals surface area contributed by atoms with Crippen LogP contribution in [-0.2, 0) is 17.8 Å². The fraction of sp³-hybridized carbons (Fsp3) is 0.286. The van der Waals surface area contributed by atoms with Gasteiger partial charge < -0.3 is 9.64 Å². The smallest absolute Gasteiger partial charge is 0.222 e. The van der Waals surface area contributed by atoms with Crippen LogP contribution in [0.25, 0.3) is 11.1 Å². The summed E-state index contributed by atoms with van der Waals surface area (Å²) in [6.07, 6.45) is 1.29. The Bertz CT molecular complexity index is 1110. The fourth-order valence-electron chi connectivity index (χ4n) is 4.24. The van der Waals surface area contributed by atoms with Gasteiger partial charge in [-0.15, -0.1) is 0 Å². The number of ether oxygens (including phenoxy) is 1. The zero-order valence-corrected chi connectivity index (χ0v) is 19.0. The third-order valence-corrected chi connectivity index (χ3v) is 6.23. The van der Waals surface area contributed by atoms with E-state index in [0.29, 0.717) is 12.0 Å². The predicted octanol–water partition coefficient (Wildman–Crippen LogP) is 4.51. The molecule has 0 aromatic heterocycles. The quantitative estimate of drug-likeness (QED) is 0.544. The maximum absolute atomic E-state index is 12.6. The second-order valence-corrected chi connectivity index (χ2v) is 8.36. The summed E-state index contributed by atoms with van der Waals surface area (Å²) in [5.41, 5.74) is 5.12. The summed E-state index contributed by atoms with van der Waals surface area (Å²) in [4.78, 5) is 17.0. The Balaban J connectivity index is 1.25. The van der Waals surface area contributed by atoms with Gasteiger partial charge in [-0.25, -0.2) is 0 Å². The third kappa shape index (κ3) is 5.79. The first-order chi connectivity index (χ1) is 16.2. The minimum atomic E-state index is 0.228. The zero-order valence-electron chi connectivity index (χ0n) is 19.0. The topological polar surface area (TPSA) is 56.6 Å². The van der Waals surface area contributed by atoms with E-state index in [0.717, 1.165) is 61.6 Å². The number of benzene rings is 3. The lowest BCUT2D eigenvalue weighted by atomic mass is 9.99. The van der Waals surface area contributed by atoms with Gasteiger partial charge in [0, 0.05) is 39.1 Å². The number of piperazine rings is 1. The molecular weight excluding hydrogens is 410 g/mol. The third-order valence-electron chi connectivity index (χ3n) is 6.23. The molecule has 0 N–H and O–H groups in total. The number of hydrogen-bond acceptors (Lipinski definition) is 4. The molecule has 1 aliphatic rings. The molecule has 0 radical (unpaired) electrons. The van der Waals surface area contributed by atoms with Gasteiger partial charge >= 0.3 is 0 Å². The van der Waals surface area contributed by atoms with E-state index in [2.05, 4.69) is 35.2 Å². The lowest BCUT2D eigenvalue weighted by Crippen LogP contribution is -2.48. The second-order valence-electron chi connectivity index (χ2n) is 8.36. The molecule has 3 aromatic rings. The first kappa shape index (κ1) is 22.6. The highest BCUT2D eigenvalue weighted by atomic mass is 16.5. The van der Waals surface area contributed by atoms with Crippen LogP contribution in [0.4, 0.5) is 0 Å². The van der Waals surface area contributed by atoms with E-state index < -0.39 is 0 Å². The number of aryl methyl sites for hydroxylation is 1. The molecule has 0 saturated carbocycles. The number of hydrogen-bond donors (Lipinski definition) is 0. The van der Waals surface area contributed by atoms with E-state index in [1.807, 2.05) is 53.4 Å². The Morgan fingerprint density at radius 1 is 0.909 bits per heavy atom. The molecule has 33 heavy (non-hydrogen) atoms. The summed E-state index contributed by atoms with van der Waals surface area (Å²) in [6, 6.07) is 26.3. The van der Waals surface area contributed by atoms with Crippen LogP contribution in [0.2, 0.25) is 0 Å². The van der Waals surface area contributed by atoms with Crippen molar-refractivity contribution in [1.82, 2.24) is 9.80 Å². The highest BCUT2D eigenvalue weighted by Gasteiger charge is 2.21. The van der Waals surface area contributed by atoms with Crippen LogP contribution in [-0.4, -0.2) is 49.0 Å². The van der Waals surface area contributed by atoms with Gasteiger partial charge in [0.25, 0.3) is 0 Å². The summed E-state index contributed by atoms with van der Waals surface area (Å²) < 4.78 is 5.19. The molecule has 3 aromatic carbocycles. The SMILES string of the molecule is COc1ccc(CCC(=O)N2CCN(Cc3ccc(-c4ccccc4C#N)cc3)CC2)cc1. The zero-order chi connectivity index (χ0) is 23.0. The average molecular weight is 440 g/mol. The fourth-order valence-corrected chi connectivity index (χ4v) is 4.24.